The van der Waals surface area contributed by atoms with Gasteiger partial charge in [0.05, 0.1) is 6.54 Å². The second-order valence-corrected chi connectivity index (χ2v) is 8.41. The van der Waals surface area contributed by atoms with E-state index < -0.39 is 42.1 Å². The average Bonchev–Trinajstić information content (AvgIpc) is 3.08. The first-order chi connectivity index (χ1) is 15.2. The number of ketones is 1. The van der Waals surface area contributed by atoms with Crippen LogP contribution < -0.4 is 21.7 Å². The Morgan fingerprint density at radius 1 is 1.09 bits per heavy atom. The third kappa shape index (κ3) is 6.18. The van der Waals surface area contributed by atoms with E-state index in [4.69, 9.17) is 5.73 Å². The predicted octanol–water partition coefficient (Wildman–Crippen LogP) is 0.343. The van der Waals surface area contributed by atoms with Crippen LogP contribution in [-0.4, -0.2) is 60.1 Å². The van der Waals surface area contributed by atoms with Gasteiger partial charge in [0.15, 0.2) is 0 Å². The summed E-state index contributed by atoms with van der Waals surface area (Å²) in [5, 5.41) is 7.32. The van der Waals surface area contributed by atoms with Crippen LogP contribution in [0.5, 0.6) is 0 Å². The molecule has 10 heteroatoms. The second-order valence-electron chi connectivity index (χ2n) is 8.41. The molecule has 32 heavy (non-hydrogen) atoms. The molecule has 0 aromatic heterocycles. The third-order valence-corrected chi connectivity index (χ3v) is 6.10. The van der Waals surface area contributed by atoms with Crippen LogP contribution in [0.2, 0.25) is 0 Å². The molecule has 2 aliphatic rings. The highest BCUT2D eigenvalue weighted by molar-refractivity contribution is 6.37. The maximum Gasteiger partial charge on any atom is 0.316 e. The summed E-state index contributed by atoms with van der Waals surface area (Å²) in [5.74, 6) is -2.75. The van der Waals surface area contributed by atoms with Gasteiger partial charge in [-0.2, -0.15) is 0 Å². The summed E-state index contributed by atoms with van der Waals surface area (Å²) in [7, 11) is 0. The summed E-state index contributed by atoms with van der Waals surface area (Å²) in [4.78, 5) is 63.0. The van der Waals surface area contributed by atoms with Crippen LogP contribution in [0.3, 0.4) is 0 Å². The smallest absolute Gasteiger partial charge is 0.316 e. The van der Waals surface area contributed by atoms with Gasteiger partial charge >= 0.3 is 6.03 Å². The lowest BCUT2D eigenvalue weighted by Crippen LogP contribution is -2.52. The Bertz CT molecular complexity index is 814. The second kappa shape index (κ2) is 11.4. The van der Waals surface area contributed by atoms with E-state index in [0.717, 1.165) is 24.8 Å². The van der Waals surface area contributed by atoms with Gasteiger partial charge in [-0.15, -0.1) is 6.58 Å². The molecule has 1 saturated heterocycles. The predicted molar refractivity (Wildman–Crippen MR) is 118 cm³/mol. The molecule has 2 fully saturated rings. The van der Waals surface area contributed by atoms with Gasteiger partial charge in [-0.25, -0.2) is 4.79 Å². The minimum Gasteiger partial charge on any atom is -0.351 e. The highest BCUT2D eigenvalue weighted by atomic mass is 16.2. The molecule has 5 amide bonds. The van der Waals surface area contributed by atoms with Crippen LogP contribution in [-0.2, 0) is 19.2 Å². The van der Waals surface area contributed by atoms with E-state index in [0.29, 0.717) is 19.4 Å². The van der Waals surface area contributed by atoms with Gasteiger partial charge in [0.2, 0.25) is 11.7 Å². The van der Waals surface area contributed by atoms with Gasteiger partial charge in [-0.3, -0.25) is 19.2 Å². The maximum absolute atomic E-state index is 13.4. The van der Waals surface area contributed by atoms with Gasteiger partial charge in [0.25, 0.3) is 11.8 Å². The zero-order valence-electron chi connectivity index (χ0n) is 18.7. The lowest BCUT2D eigenvalue weighted by molar-refractivity contribution is -0.139. The number of Topliss-reactive ketones (excluding diaryl/α,β-unsaturated/α-hetero) is 1. The van der Waals surface area contributed by atoms with Crippen molar-refractivity contribution in [3.8, 4) is 0 Å². The molecule has 1 saturated carbocycles. The summed E-state index contributed by atoms with van der Waals surface area (Å²) in [6.07, 6.45) is 5.70. The van der Waals surface area contributed by atoms with Crippen molar-refractivity contribution in [3.63, 3.8) is 0 Å². The first-order valence-corrected chi connectivity index (χ1v) is 11.0. The molecular weight excluding hydrogens is 414 g/mol. The van der Waals surface area contributed by atoms with Crippen molar-refractivity contribution in [1.29, 1.82) is 0 Å². The van der Waals surface area contributed by atoms with Gasteiger partial charge in [0, 0.05) is 13.1 Å². The van der Waals surface area contributed by atoms with Crippen molar-refractivity contribution in [2.75, 3.05) is 19.6 Å². The SMILES string of the molecule is C=CCNC(=O)C(=O)CNC(=O)[C@@H]1[C@@H](C)[C@@H](C)CN1C(=O)C(NC(N)=O)=C1CCCCC1. The molecule has 2 rings (SSSR count). The maximum atomic E-state index is 13.4. The van der Waals surface area contributed by atoms with Crippen LogP contribution in [0.4, 0.5) is 4.79 Å². The largest absolute Gasteiger partial charge is 0.351 e. The Labute approximate surface area is 188 Å². The lowest BCUT2D eigenvalue weighted by atomic mass is 9.92. The molecule has 3 atom stereocenters. The third-order valence-electron chi connectivity index (χ3n) is 6.10. The summed E-state index contributed by atoms with van der Waals surface area (Å²) in [6.45, 7) is 7.23. The molecule has 0 spiro atoms. The number of urea groups is 1. The zero-order chi connectivity index (χ0) is 23.8. The monoisotopic (exact) mass is 447 g/mol. The number of rotatable bonds is 8. The Hall–Kier alpha value is -3.17. The van der Waals surface area contributed by atoms with E-state index in [9.17, 15) is 24.0 Å². The number of allylic oxidation sites excluding steroid dienone is 1. The fourth-order valence-electron chi connectivity index (χ4n) is 4.18. The number of carbonyl (C=O) groups excluding carboxylic acids is 5. The fourth-order valence-corrected chi connectivity index (χ4v) is 4.18. The molecule has 0 aromatic carbocycles. The molecule has 0 radical (unpaired) electrons. The number of nitrogens with one attached hydrogen (secondary N) is 3. The van der Waals surface area contributed by atoms with Crippen molar-refractivity contribution in [3.05, 3.63) is 23.9 Å². The van der Waals surface area contributed by atoms with Crippen LogP contribution in [0, 0.1) is 11.8 Å². The molecule has 0 bridgehead atoms. The summed E-state index contributed by atoms with van der Waals surface area (Å²) < 4.78 is 0. The van der Waals surface area contributed by atoms with Crippen molar-refractivity contribution in [1.82, 2.24) is 20.9 Å². The Morgan fingerprint density at radius 2 is 1.75 bits per heavy atom. The number of likely N-dealkylation sites (tertiary alicyclic amines) is 1. The van der Waals surface area contributed by atoms with Gasteiger partial charge < -0.3 is 26.6 Å². The van der Waals surface area contributed by atoms with Gasteiger partial charge in [0.1, 0.15) is 11.7 Å². The standard InChI is InChI=1S/C22H33N5O5/c1-4-10-24-19(29)16(28)11-25-20(30)18-14(3)13(2)12-27(18)21(31)17(26-22(23)32)15-8-6-5-7-9-15/h4,13-14,18H,1,5-12H2,2-3H3,(H,24,29)(H,25,30)(H3,23,26,32)/t13-,14-,18-/m0/s1. The molecule has 0 unspecified atom stereocenters. The lowest BCUT2D eigenvalue weighted by Gasteiger charge is -2.28. The van der Waals surface area contributed by atoms with Crippen molar-refractivity contribution in [2.24, 2.45) is 17.6 Å². The number of nitrogens with zero attached hydrogens (tertiary/aromatic N) is 1. The summed E-state index contributed by atoms with van der Waals surface area (Å²) in [5.41, 5.74) is 6.30. The van der Waals surface area contributed by atoms with E-state index in [1.165, 1.54) is 11.0 Å². The van der Waals surface area contributed by atoms with Gasteiger partial charge in [-0.05, 0) is 43.1 Å². The average molecular weight is 448 g/mol. The van der Waals surface area contributed by atoms with E-state index in [1.54, 1.807) is 0 Å². The molecule has 0 aromatic rings. The van der Waals surface area contributed by atoms with E-state index in [-0.39, 0.29) is 24.1 Å². The Balaban J connectivity index is 2.18. The van der Waals surface area contributed by atoms with Crippen molar-refractivity contribution < 1.29 is 24.0 Å². The summed E-state index contributed by atoms with van der Waals surface area (Å²) in [6, 6.07) is -1.67. The normalized spacial score (nSPS) is 22.6. The quantitative estimate of drug-likeness (QED) is 0.240. The molecule has 176 valence electrons. The number of amides is 5. The Kier molecular flexibility index (Phi) is 8.98. The van der Waals surface area contributed by atoms with E-state index in [1.807, 2.05) is 13.8 Å². The summed E-state index contributed by atoms with van der Waals surface area (Å²) >= 11 is 0. The number of hydrogen-bond donors (Lipinski definition) is 4. The molecular formula is C22H33N5O5. The first-order valence-electron chi connectivity index (χ1n) is 11.0. The molecule has 5 N–H and O–H groups in total. The van der Waals surface area contributed by atoms with Crippen LogP contribution in [0.15, 0.2) is 23.9 Å². The first kappa shape index (κ1) is 25.1. The van der Waals surface area contributed by atoms with E-state index >= 15 is 0 Å². The topological polar surface area (TPSA) is 151 Å². The molecule has 10 nitrogen and oxygen atoms in total. The fraction of sp³-hybridized carbons (Fsp3) is 0.591. The number of primary amides is 1. The van der Waals surface area contributed by atoms with Crippen LogP contribution >= 0.6 is 0 Å². The molecule has 1 aliphatic heterocycles. The van der Waals surface area contributed by atoms with Crippen LogP contribution in [0.25, 0.3) is 0 Å². The van der Waals surface area contributed by atoms with Crippen LogP contribution in [0.1, 0.15) is 46.0 Å². The van der Waals surface area contributed by atoms with Gasteiger partial charge in [-0.1, -0.05) is 26.3 Å². The molecule has 1 heterocycles. The number of hydrogen-bond acceptors (Lipinski definition) is 5. The van der Waals surface area contributed by atoms with Crippen molar-refractivity contribution >= 4 is 29.5 Å². The zero-order valence-corrected chi connectivity index (χ0v) is 18.7. The minimum atomic E-state index is -0.838. The van der Waals surface area contributed by atoms with E-state index in [2.05, 4.69) is 22.5 Å². The highest BCUT2D eigenvalue weighted by Gasteiger charge is 2.44. The molecule has 1 aliphatic carbocycles. The highest BCUT2D eigenvalue weighted by Crippen LogP contribution is 2.32. The minimum absolute atomic E-state index is 0.0208. The number of carbonyl (C=O) groups is 5. The number of nitrogens with two attached hydrogens (primary N) is 1. The Morgan fingerprint density at radius 3 is 2.34 bits per heavy atom. The van der Waals surface area contributed by atoms with Crippen molar-refractivity contribution in [2.45, 2.75) is 52.0 Å².